The van der Waals surface area contributed by atoms with Crippen LogP contribution in [0.3, 0.4) is 0 Å². The number of H-pyrrole nitrogens is 1. The molecule has 6 heteroatoms. The normalized spacial score (nSPS) is 10.9. The van der Waals surface area contributed by atoms with E-state index >= 15 is 0 Å². The van der Waals surface area contributed by atoms with Crippen LogP contribution in [0.15, 0.2) is 71.5 Å². The molecular formula is C21H15Cl2N3O. The van der Waals surface area contributed by atoms with Gasteiger partial charge >= 0.3 is 0 Å². The van der Waals surface area contributed by atoms with E-state index in [1.54, 1.807) is 12.1 Å². The van der Waals surface area contributed by atoms with E-state index in [1.807, 2.05) is 54.6 Å². The van der Waals surface area contributed by atoms with Gasteiger partial charge in [0.2, 0.25) is 0 Å². The number of aromatic nitrogens is 2. The fourth-order valence-corrected chi connectivity index (χ4v) is 3.39. The van der Waals surface area contributed by atoms with Gasteiger partial charge in [-0.1, -0.05) is 59.6 Å². The predicted molar refractivity (Wildman–Crippen MR) is 112 cm³/mol. The van der Waals surface area contributed by atoms with Crippen molar-refractivity contribution >= 4 is 39.9 Å². The minimum atomic E-state index is -0.229. The van der Waals surface area contributed by atoms with E-state index in [-0.39, 0.29) is 5.56 Å². The molecule has 0 spiro atoms. The highest BCUT2D eigenvalue weighted by Gasteiger charge is 2.12. The van der Waals surface area contributed by atoms with Crippen molar-refractivity contribution in [3.63, 3.8) is 0 Å². The molecule has 0 fully saturated rings. The Morgan fingerprint density at radius 1 is 0.963 bits per heavy atom. The number of halogens is 2. The molecule has 4 rings (SSSR count). The van der Waals surface area contributed by atoms with Crippen LogP contribution in [-0.4, -0.2) is 9.97 Å². The van der Waals surface area contributed by atoms with Crippen LogP contribution in [0.25, 0.3) is 22.3 Å². The molecule has 4 nitrogen and oxygen atoms in total. The number of fused-ring (bicyclic) bond motifs is 1. The topological polar surface area (TPSA) is 57.8 Å². The number of benzene rings is 3. The number of para-hydroxylation sites is 3. The van der Waals surface area contributed by atoms with E-state index in [1.165, 1.54) is 0 Å². The molecule has 0 saturated heterocycles. The zero-order valence-electron chi connectivity index (χ0n) is 14.2. The molecule has 3 aromatic carbocycles. The number of anilines is 1. The molecule has 0 unspecified atom stereocenters. The molecule has 2 N–H and O–H groups in total. The number of hydrogen-bond donors (Lipinski definition) is 2. The Morgan fingerprint density at radius 3 is 2.59 bits per heavy atom. The first-order valence-corrected chi connectivity index (χ1v) is 9.14. The van der Waals surface area contributed by atoms with Gasteiger partial charge in [0.25, 0.3) is 5.56 Å². The molecule has 134 valence electrons. The standard InChI is InChI=1S/C21H15Cl2N3O/c22-14-10-9-13(16(23)11-14)12-24-17-6-2-1-5-15(17)20-21(27)26-19-8-4-3-7-18(19)25-20/h1-11,24H,12H2,(H,26,27). The largest absolute Gasteiger partial charge is 0.380 e. The molecule has 1 heterocycles. The van der Waals surface area contributed by atoms with Gasteiger partial charge in [-0.25, -0.2) is 4.98 Å². The molecule has 0 aliphatic rings. The molecule has 0 bridgehead atoms. The first kappa shape index (κ1) is 17.6. The molecule has 0 aliphatic heterocycles. The lowest BCUT2D eigenvalue weighted by molar-refractivity contribution is 1.14. The number of nitrogens with one attached hydrogen (secondary N) is 2. The summed E-state index contributed by atoms with van der Waals surface area (Å²) in [4.78, 5) is 20.0. The molecule has 0 aliphatic carbocycles. The van der Waals surface area contributed by atoms with Gasteiger partial charge in [-0.05, 0) is 35.9 Å². The molecule has 27 heavy (non-hydrogen) atoms. The summed E-state index contributed by atoms with van der Waals surface area (Å²) in [5.74, 6) is 0. The van der Waals surface area contributed by atoms with Crippen molar-refractivity contribution in [2.45, 2.75) is 6.54 Å². The lowest BCUT2D eigenvalue weighted by Gasteiger charge is -2.13. The average molecular weight is 396 g/mol. The van der Waals surface area contributed by atoms with Crippen molar-refractivity contribution in [3.8, 4) is 11.3 Å². The van der Waals surface area contributed by atoms with Gasteiger partial charge in [0.05, 0.1) is 11.0 Å². The van der Waals surface area contributed by atoms with Crippen LogP contribution >= 0.6 is 23.2 Å². The number of rotatable bonds is 4. The van der Waals surface area contributed by atoms with Crippen molar-refractivity contribution in [3.05, 3.63) is 92.7 Å². The van der Waals surface area contributed by atoms with Crippen LogP contribution in [0.4, 0.5) is 5.69 Å². The second-order valence-corrected chi connectivity index (χ2v) is 6.91. The van der Waals surface area contributed by atoms with Crippen LogP contribution in [0.1, 0.15) is 5.56 Å². The van der Waals surface area contributed by atoms with Gasteiger partial charge in [0.1, 0.15) is 5.69 Å². The molecule has 0 radical (unpaired) electrons. The summed E-state index contributed by atoms with van der Waals surface area (Å²) in [5.41, 5.74) is 4.04. The van der Waals surface area contributed by atoms with Crippen molar-refractivity contribution in [1.82, 2.24) is 9.97 Å². The summed E-state index contributed by atoms with van der Waals surface area (Å²) in [5, 5.41) is 4.53. The van der Waals surface area contributed by atoms with Gasteiger partial charge in [-0.2, -0.15) is 0 Å². The summed E-state index contributed by atoms with van der Waals surface area (Å²) in [6, 6.07) is 20.4. The second kappa shape index (κ2) is 7.43. The van der Waals surface area contributed by atoms with Crippen molar-refractivity contribution in [2.24, 2.45) is 0 Å². The minimum Gasteiger partial charge on any atom is -0.380 e. The molecular weight excluding hydrogens is 381 g/mol. The van der Waals surface area contributed by atoms with E-state index in [2.05, 4.69) is 15.3 Å². The van der Waals surface area contributed by atoms with Crippen LogP contribution in [0.5, 0.6) is 0 Å². The van der Waals surface area contributed by atoms with Crippen molar-refractivity contribution in [1.29, 1.82) is 0 Å². The Labute approximate surface area is 165 Å². The van der Waals surface area contributed by atoms with Gasteiger partial charge in [0.15, 0.2) is 0 Å². The fraction of sp³-hybridized carbons (Fsp3) is 0.0476. The molecule has 4 aromatic rings. The summed E-state index contributed by atoms with van der Waals surface area (Å²) in [6.45, 7) is 0.499. The third kappa shape index (κ3) is 3.68. The predicted octanol–water partition coefficient (Wildman–Crippen LogP) is 5.51. The summed E-state index contributed by atoms with van der Waals surface area (Å²) >= 11 is 12.2. The second-order valence-electron chi connectivity index (χ2n) is 6.07. The zero-order valence-corrected chi connectivity index (χ0v) is 15.7. The average Bonchev–Trinajstić information content (AvgIpc) is 2.67. The lowest BCUT2D eigenvalue weighted by Crippen LogP contribution is -2.13. The molecule has 1 aromatic heterocycles. The fourth-order valence-electron chi connectivity index (χ4n) is 2.91. The van der Waals surface area contributed by atoms with Crippen LogP contribution in [0.2, 0.25) is 10.0 Å². The first-order chi connectivity index (χ1) is 13.1. The smallest absolute Gasteiger partial charge is 0.275 e. The Hall–Kier alpha value is -2.82. The Bertz CT molecular complexity index is 1190. The van der Waals surface area contributed by atoms with Gasteiger partial charge in [-0.15, -0.1) is 0 Å². The van der Waals surface area contributed by atoms with E-state index in [0.29, 0.717) is 27.8 Å². The van der Waals surface area contributed by atoms with Crippen molar-refractivity contribution in [2.75, 3.05) is 5.32 Å². The van der Waals surface area contributed by atoms with Crippen molar-refractivity contribution < 1.29 is 0 Å². The Balaban J connectivity index is 1.71. The minimum absolute atomic E-state index is 0.229. The number of hydrogen-bond acceptors (Lipinski definition) is 3. The third-order valence-electron chi connectivity index (χ3n) is 4.27. The van der Waals surface area contributed by atoms with Crippen LogP contribution in [0, 0.1) is 0 Å². The first-order valence-electron chi connectivity index (χ1n) is 8.38. The monoisotopic (exact) mass is 395 g/mol. The quantitative estimate of drug-likeness (QED) is 0.478. The van der Waals surface area contributed by atoms with Gasteiger partial charge in [0, 0.05) is 27.8 Å². The maximum atomic E-state index is 12.6. The highest BCUT2D eigenvalue weighted by molar-refractivity contribution is 6.35. The lowest BCUT2D eigenvalue weighted by atomic mass is 10.1. The molecule has 0 amide bonds. The van der Waals surface area contributed by atoms with Gasteiger partial charge < -0.3 is 10.3 Å². The van der Waals surface area contributed by atoms with Gasteiger partial charge in [-0.3, -0.25) is 4.79 Å². The SMILES string of the molecule is O=c1[nH]c2ccccc2nc1-c1ccccc1NCc1ccc(Cl)cc1Cl. The summed E-state index contributed by atoms with van der Waals surface area (Å²) in [7, 11) is 0. The van der Waals surface area contributed by atoms with E-state index in [9.17, 15) is 4.79 Å². The molecule has 0 atom stereocenters. The highest BCUT2D eigenvalue weighted by atomic mass is 35.5. The van der Waals surface area contributed by atoms with E-state index in [4.69, 9.17) is 23.2 Å². The Kier molecular flexibility index (Phi) is 4.84. The highest BCUT2D eigenvalue weighted by Crippen LogP contribution is 2.27. The maximum absolute atomic E-state index is 12.6. The molecule has 0 saturated carbocycles. The van der Waals surface area contributed by atoms with E-state index < -0.39 is 0 Å². The zero-order chi connectivity index (χ0) is 18.8. The van der Waals surface area contributed by atoms with E-state index in [0.717, 1.165) is 22.3 Å². The number of aromatic amines is 1. The summed E-state index contributed by atoms with van der Waals surface area (Å²) in [6.07, 6.45) is 0. The number of nitrogens with zero attached hydrogens (tertiary/aromatic N) is 1. The maximum Gasteiger partial charge on any atom is 0.275 e. The third-order valence-corrected chi connectivity index (χ3v) is 4.85. The Morgan fingerprint density at radius 2 is 1.74 bits per heavy atom. The van der Waals surface area contributed by atoms with Crippen LogP contribution < -0.4 is 10.9 Å². The summed E-state index contributed by atoms with van der Waals surface area (Å²) < 4.78 is 0. The van der Waals surface area contributed by atoms with Crippen LogP contribution in [-0.2, 0) is 6.54 Å².